The van der Waals surface area contributed by atoms with Crippen molar-refractivity contribution in [2.45, 2.75) is 6.42 Å². The number of anilines is 4. The summed E-state index contributed by atoms with van der Waals surface area (Å²) in [5.74, 6) is 0.141. The van der Waals surface area contributed by atoms with Crippen LogP contribution in [0, 0.1) is 0 Å². The van der Waals surface area contributed by atoms with E-state index >= 15 is 0 Å². The van der Waals surface area contributed by atoms with Gasteiger partial charge in [-0.05, 0) is 49.4 Å². The molecular weight excluding hydrogens is 464 g/mol. The third-order valence-electron chi connectivity index (χ3n) is 5.54. The molecule has 0 spiro atoms. The number of nitrogens with one attached hydrogen (secondary N) is 3. The van der Waals surface area contributed by atoms with Crippen LogP contribution in [0.3, 0.4) is 0 Å². The molecule has 4 rings (SSSR count). The number of amides is 1. The second kappa shape index (κ2) is 12.3. The smallest absolute Gasteiger partial charge is 0.247 e. The molecule has 35 heavy (non-hydrogen) atoms. The van der Waals surface area contributed by atoms with Gasteiger partial charge in [0.25, 0.3) is 0 Å². The van der Waals surface area contributed by atoms with Crippen LogP contribution in [0.15, 0.2) is 67.4 Å². The molecule has 1 fully saturated rings. The Morgan fingerprint density at radius 2 is 1.89 bits per heavy atom. The molecule has 9 heteroatoms. The number of morpholine rings is 1. The molecule has 3 aromatic rings. The lowest BCUT2D eigenvalue weighted by atomic mass is 10.1. The largest absolute Gasteiger partial charge is 0.385 e. The van der Waals surface area contributed by atoms with E-state index in [2.05, 4.69) is 37.4 Å². The van der Waals surface area contributed by atoms with Crippen molar-refractivity contribution in [2.75, 3.05) is 55.3 Å². The SMILES string of the molecule is C=CC(=O)Nc1cccc(-c2nc(Nc3cccc(NCCCN4CCOCC4)c3)ncc2Cl)c1. The van der Waals surface area contributed by atoms with Gasteiger partial charge in [0.1, 0.15) is 0 Å². The van der Waals surface area contributed by atoms with Crippen molar-refractivity contribution in [2.24, 2.45) is 0 Å². The topological polar surface area (TPSA) is 91.4 Å². The number of benzene rings is 2. The number of hydrogen-bond acceptors (Lipinski definition) is 7. The number of carbonyl (C=O) groups is 1. The van der Waals surface area contributed by atoms with E-state index in [-0.39, 0.29) is 5.91 Å². The zero-order valence-corrected chi connectivity index (χ0v) is 20.2. The molecule has 182 valence electrons. The number of ether oxygens (including phenoxy) is 1. The third-order valence-corrected chi connectivity index (χ3v) is 5.81. The Hall–Kier alpha value is -3.46. The minimum atomic E-state index is -0.284. The van der Waals surface area contributed by atoms with E-state index in [1.54, 1.807) is 18.3 Å². The van der Waals surface area contributed by atoms with Crippen LogP contribution < -0.4 is 16.0 Å². The second-order valence-corrected chi connectivity index (χ2v) is 8.51. The monoisotopic (exact) mass is 492 g/mol. The first-order valence-electron chi connectivity index (χ1n) is 11.6. The Labute approximate surface area is 210 Å². The number of rotatable bonds is 10. The zero-order chi connectivity index (χ0) is 24.5. The minimum absolute atomic E-state index is 0.284. The normalized spacial score (nSPS) is 13.7. The molecule has 1 amide bonds. The lowest BCUT2D eigenvalue weighted by Crippen LogP contribution is -2.37. The summed E-state index contributed by atoms with van der Waals surface area (Å²) in [7, 11) is 0. The summed E-state index contributed by atoms with van der Waals surface area (Å²) in [6, 6.07) is 15.3. The Morgan fingerprint density at radius 3 is 2.71 bits per heavy atom. The van der Waals surface area contributed by atoms with E-state index in [1.807, 2.05) is 36.4 Å². The predicted molar refractivity (Wildman–Crippen MR) is 141 cm³/mol. The summed E-state index contributed by atoms with van der Waals surface area (Å²) in [6.07, 6.45) is 3.85. The van der Waals surface area contributed by atoms with Gasteiger partial charge >= 0.3 is 0 Å². The van der Waals surface area contributed by atoms with Gasteiger partial charge in [-0.2, -0.15) is 0 Å². The van der Waals surface area contributed by atoms with Crippen molar-refractivity contribution in [3.05, 3.63) is 72.4 Å². The summed E-state index contributed by atoms with van der Waals surface area (Å²) in [5.41, 5.74) is 3.85. The molecule has 3 N–H and O–H groups in total. The molecule has 2 heterocycles. The van der Waals surface area contributed by atoms with Gasteiger partial charge in [0, 0.05) is 42.3 Å². The van der Waals surface area contributed by atoms with Crippen LogP contribution in [-0.2, 0) is 9.53 Å². The van der Waals surface area contributed by atoms with Crippen LogP contribution in [0.25, 0.3) is 11.3 Å². The molecule has 0 radical (unpaired) electrons. The van der Waals surface area contributed by atoms with Crippen molar-refractivity contribution >= 4 is 40.5 Å². The molecule has 1 aliphatic rings. The van der Waals surface area contributed by atoms with E-state index in [0.29, 0.717) is 22.4 Å². The molecule has 1 aliphatic heterocycles. The van der Waals surface area contributed by atoms with Crippen LogP contribution in [0.2, 0.25) is 5.02 Å². The van der Waals surface area contributed by atoms with Crippen LogP contribution in [-0.4, -0.2) is 60.2 Å². The second-order valence-electron chi connectivity index (χ2n) is 8.10. The maximum Gasteiger partial charge on any atom is 0.247 e. The first-order valence-corrected chi connectivity index (χ1v) is 12.0. The van der Waals surface area contributed by atoms with Crippen molar-refractivity contribution in [1.82, 2.24) is 14.9 Å². The van der Waals surface area contributed by atoms with Gasteiger partial charge in [0.2, 0.25) is 11.9 Å². The predicted octanol–water partition coefficient (Wildman–Crippen LogP) is 4.80. The standard InChI is InChI=1S/C26H29ClN6O2/c1-2-24(34)30-21-8-3-6-19(16-21)25-23(27)18-29-26(32-25)31-22-9-4-7-20(17-22)28-10-5-11-33-12-14-35-15-13-33/h2-4,6-9,16-18,28H,1,5,10-15H2,(H,30,34)(H,29,31,32). The molecule has 0 atom stereocenters. The Kier molecular flexibility index (Phi) is 8.67. The van der Waals surface area contributed by atoms with Gasteiger partial charge in [-0.25, -0.2) is 9.97 Å². The van der Waals surface area contributed by atoms with Gasteiger partial charge < -0.3 is 20.7 Å². The molecule has 0 bridgehead atoms. The molecule has 0 unspecified atom stereocenters. The van der Waals surface area contributed by atoms with Crippen LogP contribution >= 0.6 is 11.6 Å². The van der Waals surface area contributed by atoms with Crippen LogP contribution in [0.1, 0.15) is 6.42 Å². The van der Waals surface area contributed by atoms with Crippen molar-refractivity contribution < 1.29 is 9.53 Å². The third kappa shape index (κ3) is 7.26. The van der Waals surface area contributed by atoms with Gasteiger partial charge in [0.05, 0.1) is 30.1 Å². The molecule has 1 saturated heterocycles. The highest BCUT2D eigenvalue weighted by Gasteiger charge is 2.11. The van der Waals surface area contributed by atoms with Gasteiger partial charge in [-0.15, -0.1) is 0 Å². The highest BCUT2D eigenvalue weighted by Crippen LogP contribution is 2.29. The molecule has 0 aliphatic carbocycles. The highest BCUT2D eigenvalue weighted by molar-refractivity contribution is 6.33. The minimum Gasteiger partial charge on any atom is -0.385 e. The van der Waals surface area contributed by atoms with Crippen LogP contribution in [0.5, 0.6) is 0 Å². The van der Waals surface area contributed by atoms with E-state index < -0.39 is 0 Å². The first-order chi connectivity index (χ1) is 17.1. The van der Waals surface area contributed by atoms with Gasteiger partial charge in [-0.1, -0.05) is 36.4 Å². The Bertz CT molecular complexity index is 1170. The fourth-order valence-electron chi connectivity index (χ4n) is 3.76. The molecule has 2 aromatic carbocycles. The Balaban J connectivity index is 1.39. The fraction of sp³-hybridized carbons (Fsp3) is 0.269. The van der Waals surface area contributed by atoms with Crippen molar-refractivity contribution in [1.29, 1.82) is 0 Å². The summed E-state index contributed by atoms with van der Waals surface area (Å²) in [4.78, 5) is 23.0. The van der Waals surface area contributed by atoms with E-state index in [9.17, 15) is 4.79 Å². The number of hydrogen-bond donors (Lipinski definition) is 3. The average molecular weight is 493 g/mol. The van der Waals surface area contributed by atoms with E-state index in [1.165, 1.54) is 6.08 Å². The summed E-state index contributed by atoms with van der Waals surface area (Å²) in [6.45, 7) is 9.10. The molecule has 8 nitrogen and oxygen atoms in total. The number of aromatic nitrogens is 2. The summed E-state index contributed by atoms with van der Waals surface area (Å²) in [5, 5.41) is 9.90. The average Bonchev–Trinajstić information content (AvgIpc) is 2.89. The first kappa shape index (κ1) is 24.7. The summed E-state index contributed by atoms with van der Waals surface area (Å²) < 4.78 is 5.40. The Morgan fingerprint density at radius 1 is 1.11 bits per heavy atom. The van der Waals surface area contributed by atoms with Gasteiger partial charge in [0.15, 0.2) is 0 Å². The number of carbonyl (C=O) groups excluding carboxylic acids is 1. The van der Waals surface area contributed by atoms with Gasteiger partial charge in [-0.3, -0.25) is 9.69 Å². The van der Waals surface area contributed by atoms with E-state index in [4.69, 9.17) is 16.3 Å². The molecule has 0 saturated carbocycles. The number of nitrogens with zero attached hydrogens (tertiary/aromatic N) is 3. The van der Waals surface area contributed by atoms with Crippen LogP contribution in [0.4, 0.5) is 23.0 Å². The quantitative estimate of drug-likeness (QED) is 0.276. The molecule has 1 aromatic heterocycles. The lowest BCUT2D eigenvalue weighted by Gasteiger charge is -2.26. The van der Waals surface area contributed by atoms with E-state index in [0.717, 1.165) is 62.8 Å². The summed E-state index contributed by atoms with van der Waals surface area (Å²) >= 11 is 6.39. The van der Waals surface area contributed by atoms with Crippen molar-refractivity contribution in [3.8, 4) is 11.3 Å². The fourth-order valence-corrected chi connectivity index (χ4v) is 3.96. The maximum atomic E-state index is 11.6. The number of halogens is 1. The highest BCUT2D eigenvalue weighted by atomic mass is 35.5. The lowest BCUT2D eigenvalue weighted by molar-refractivity contribution is -0.111. The van der Waals surface area contributed by atoms with Crippen molar-refractivity contribution in [3.63, 3.8) is 0 Å². The zero-order valence-electron chi connectivity index (χ0n) is 19.5. The maximum absolute atomic E-state index is 11.6. The molecular formula is C26H29ClN6O2.